The van der Waals surface area contributed by atoms with Crippen LogP contribution in [0.5, 0.6) is 11.5 Å². The van der Waals surface area contributed by atoms with Crippen molar-refractivity contribution in [1.82, 2.24) is 0 Å². The van der Waals surface area contributed by atoms with Crippen molar-refractivity contribution >= 4 is 11.6 Å². The van der Waals surface area contributed by atoms with Crippen LogP contribution in [0.1, 0.15) is 16.5 Å². The molecule has 0 fully saturated rings. The van der Waals surface area contributed by atoms with Gasteiger partial charge >= 0.3 is 0 Å². The molecule has 112 valence electrons. The summed E-state index contributed by atoms with van der Waals surface area (Å²) in [6.45, 7) is 0. The lowest BCUT2D eigenvalue weighted by Crippen LogP contribution is -2.00. The average molecular weight is 313 g/mol. The van der Waals surface area contributed by atoms with Crippen LogP contribution in [0.15, 0.2) is 36.4 Å². The van der Waals surface area contributed by atoms with E-state index in [1.54, 1.807) is 32.4 Å². The van der Waals surface area contributed by atoms with E-state index in [1.165, 1.54) is 12.1 Å². The highest BCUT2D eigenvalue weighted by molar-refractivity contribution is 6.21. The van der Waals surface area contributed by atoms with Crippen molar-refractivity contribution in [3.8, 4) is 11.5 Å². The molecule has 0 spiro atoms. The Morgan fingerprint density at radius 2 is 1.62 bits per heavy atom. The summed E-state index contributed by atoms with van der Waals surface area (Å²) in [4.78, 5) is 0. The van der Waals surface area contributed by atoms with Crippen LogP contribution in [0.25, 0.3) is 0 Å². The molecule has 0 radical (unpaired) electrons. The highest BCUT2D eigenvalue weighted by Gasteiger charge is 2.15. The van der Waals surface area contributed by atoms with Gasteiger partial charge in [-0.3, -0.25) is 0 Å². The Hall–Kier alpha value is -1.81. The number of rotatable bonds is 5. The van der Waals surface area contributed by atoms with Crippen LogP contribution in [0.3, 0.4) is 0 Å². The fraction of sp³-hybridized carbons (Fsp3) is 0.250. The maximum Gasteiger partial charge on any atom is 0.129 e. The van der Waals surface area contributed by atoms with Gasteiger partial charge < -0.3 is 9.47 Å². The molecule has 0 heterocycles. The molecule has 21 heavy (non-hydrogen) atoms. The molecular formula is C16H15ClF2O2. The minimum Gasteiger partial charge on any atom is -0.497 e. The molecule has 0 saturated carbocycles. The summed E-state index contributed by atoms with van der Waals surface area (Å²) in [5, 5.41) is -0.478. The Balaban J connectivity index is 2.25. The molecule has 1 unspecified atom stereocenters. The quantitative estimate of drug-likeness (QED) is 0.757. The lowest BCUT2D eigenvalue weighted by molar-refractivity contribution is 0.393. The second-order valence-electron chi connectivity index (χ2n) is 4.55. The molecule has 2 aromatic carbocycles. The number of hydrogen-bond acceptors (Lipinski definition) is 2. The summed E-state index contributed by atoms with van der Waals surface area (Å²) in [5.74, 6) is 0.00471. The van der Waals surface area contributed by atoms with Gasteiger partial charge in [0, 0.05) is 12.1 Å². The molecule has 0 saturated heterocycles. The minimum atomic E-state index is -0.606. The van der Waals surface area contributed by atoms with E-state index in [-0.39, 0.29) is 6.42 Å². The fourth-order valence-electron chi connectivity index (χ4n) is 2.01. The normalized spacial score (nSPS) is 12.0. The number of alkyl halides is 1. The lowest BCUT2D eigenvalue weighted by atomic mass is 10.0. The highest BCUT2D eigenvalue weighted by Crippen LogP contribution is 2.32. The van der Waals surface area contributed by atoms with E-state index in [2.05, 4.69) is 0 Å². The Kier molecular flexibility index (Phi) is 5.02. The molecule has 0 bridgehead atoms. The first-order valence-corrected chi connectivity index (χ1v) is 6.78. The summed E-state index contributed by atoms with van der Waals surface area (Å²) in [5.41, 5.74) is 1.11. The minimum absolute atomic E-state index is 0.240. The molecule has 5 heteroatoms. The van der Waals surface area contributed by atoms with Gasteiger partial charge in [0.25, 0.3) is 0 Å². The Morgan fingerprint density at radius 3 is 2.14 bits per heavy atom. The van der Waals surface area contributed by atoms with Crippen LogP contribution in [-0.2, 0) is 6.42 Å². The molecule has 0 N–H and O–H groups in total. The number of benzene rings is 2. The van der Waals surface area contributed by atoms with Crippen molar-refractivity contribution in [3.63, 3.8) is 0 Å². The van der Waals surface area contributed by atoms with Gasteiger partial charge in [0.1, 0.15) is 23.1 Å². The maximum atomic E-state index is 13.7. The number of hydrogen-bond donors (Lipinski definition) is 0. The first-order chi connectivity index (χ1) is 10.0. The topological polar surface area (TPSA) is 18.5 Å². The SMILES string of the molecule is COc1cc(OC)cc(C(Cl)Cc2ccc(F)cc2F)c1. The molecule has 0 aliphatic carbocycles. The molecule has 0 aliphatic rings. The zero-order chi connectivity index (χ0) is 15.4. The van der Waals surface area contributed by atoms with E-state index in [0.29, 0.717) is 17.1 Å². The number of ether oxygens (including phenoxy) is 2. The molecular weight excluding hydrogens is 298 g/mol. The van der Waals surface area contributed by atoms with Gasteiger partial charge in [0.05, 0.1) is 19.6 Å². The molecule has 0 aromatic heterocycles. The van der Waals surface area contributed by atoms with E-state index in [0.717, 1.165) is 11.6 Å². The highest BCUT2D eigenvalue weighted by atomic mass is 35.5. The largest absolute Gasteiger partial charge is 0.497 e. The van der Waals surface area contributed by atoms with Gasteiger partial charge in [0.15, 0.2) is 0 Å². The van der Waals surface area contributed by atoms with Crippen molar-refractivity contribution in [2.45, 2.75) is 11.8 Å². The smallest absolute Gasteiger partial charge is 0.129 e. The van der Waals surface area contributed by atoms with Crippen molar-refractivity contribution in [2.24, 2.45) is 0 Å². The number of halogens is 3. The van der Waals surface area contributed by atoms with Crippen LogP contribution in [0.4, 0.5) is 8.78 Å². The van der Waals surface area contributed by atoms with Crippen LogP contribution in [0, 0.1) is 11.6 Å². The first-order valence-electron chi connectivity index (χ1n) is 6.34. The predicted octanol–water partition coefficient (Wildman–Crippen LogP) is 4.50. The average Bonchev–Trinajstić information content (AvgIpc) is 2.49. The molecule has 2 aromatic rings. The third-order valence-corrected chi connectivity index (χ3v) is 3.56. The second kappa shape index (κ2) is 6.76. The van der Waals surface area contributed by atoms with Crippen LogP contribution < -0.4 is 9.47 Å². The summed E-state index contributed by atoms with van der Waals surface area (Å²) >= 11 is 6.34. The van der Waals surface area contributed by atoms with E-state index in [1.807, 2.05) is 0 Å². The summed E-state index contributed by atoms with van der Waals surface area (Å²) in [6, 6.07) is 8.73. The summed E-state index contributed by atoms with van der Waals surface area (Å²) in [6.07, 6.45) is 0.240. The third-order valence-electron chi connectivity index (χ3n) is 3.15. The van der Waals surface area contributed by atoms with E-state index in [9.17, 15) is 8.78 Å². The van der Waals surface area contributed by atoms with Gasteiger partial charge in [-0.25, -0.2) is 8.78 Å². The maximum absolute atomic E-state index is 13.7. The van der Waals surface area contributed by atoms with E-state index >= 15 is 0 Å². The second-order valence-corrected chi connectivity index (χ2v) is 5.08. The molecule has 2 nitrogen and oxygen atoms in total. The Bertz CT molecular complexity index is 609. The zero-order valence-corrected chi connectivity index (χ0v) is 12.5. The first kappa shape index (κ1) is 15.6. The van der Waals surface area contributed by atoms with E-state index < -0.39 is 17.0 Å². The van der Waals surface area contributed by atoms with Crippen LogP contribution >= 0.6 is 11.6 Å². The van der Waals surface area contributed by atoms with Gasteiger partial charge in [-0.15, -0.1) is 11.6 Å². The summed E-state index contributed by atoms with van der Waals surface area (Å²) < 4.78 is 36.9. The standard InChI is InChI=1S/C16H15ClF2O2/c1-20-13-5-11(6-14(9-13)21-2)15(17)7-10-3-4-12(18)8-16(10)19/h3-6,8-9,15H,7H2,1-2H3. The lowest BCUT2D eigenvalue weighted by Gasteiger charge is -2.14. The molecule has 0 aliphatic heterocycles. The molecule has 0 amide bonds. The monoisotopic (exact) mass is 312 g/mol. The van der Waals surface area contributed by atoms with Gasteiger partial charge in [-0.1, -0.05) is 6.07 Å². The van der Waals surface area contributed by atoms with Crippen molar-refractivity contribution in [2.75, 3.05) is 14.2 Å². The van der Waals surface area contributed by atoms with E-state index in [4.69, 9.17) is 21.1 Å². The predicted molar refractivity (Wildman–Crippen MR) is 78.2 cm³/mol. The third kappa shape index (κ3) is 3.85. The number of methoxy groups -OCH3 is 2. The van der Waals surface area contributed by atoms with Crippen molar-refractivity contribution in [3.05, 3.63) is 59.2 Å². The van der Waals surface area contributed by atoms with Crippen LogP contribution in [0.2, 0.25) is 0 Å². The van der Waals surface area contributed by atoms with Crippen molar-refractivity contribution in [1.29, 1.82) is 0 Å². The molecule has 1 atom stereocenters. The fourth-order valence-corrected chi connectivity index (χ4v) is 2.30. The Labute approximate surface area is 127 Å². The van der Waals surface area contributed by atoms with Gasteiger partial charge in [-0.05, 0) is 35.7 Å². The van der Waals surface area contributed by atoms with Gasteiger partial charge in [0.2, 0.25) is 0 Å². The van der Waals surface area contributed by atoms with Crippen LogP contribution in [-0.4, -0.2) is 14.2 Å². The summed E-state index contributed by atoms with van der Waals surface area (Å²) in [7, 11) is 3.09. The zero-order valence-electron chi connectivity index (χ0n) is 11.7. The van der Waals surface area contributed by atoms with Crippen molar-refractivity contribution < 1.29 is 18.3 Å². The van der Waals surface area contributed by atoms with Gasteiger partial charge in [-0.2, -0.15) is 0 Å². The Morgan fingerprint density at radius 1 is 1.00 bits per heavy atom. The molecule has 2 rings (SSSR count).